The minimum atomic E-state index is 0.310. The van der Waals surface area contributed by atoms with Gasteiger partial charge in [0.15, 0.2) is 0 Å². The highest BCUT2D eigenvalue weighted by Gasteiger charge is 2.21. The number of hydrogen-bond donors (Lipinski definition) is 2. The van der Waals surface area contributed by atoms with Gasteiger partial charge in [0.05, 0.1) is 0 Å². The highest BCUT2D eigenvalue weighted by Crippen LogP contribution is 2.39. The summed E-state index contributed by atoms with van der Waals surface area (Å²) in [5, 5.41) is 17.2. The number of para-hydroxylation sites is 2. The van der Waals surface area contributed by atoms with Crippen LogP contribution >= 0.6 is 0 Å². The molecule has 216 valence electrons. The minimum Gasteiger partial charge on any atom is -0.508 e. The Labute approximate surface area is 262 Å². The van der Waals surface area contributed by atoms with Crippen molar-refractivity contribution in [2.45, 2.75) is 12.8 Å². The lowest BCUT2D eigenvalue weighted by Crippen LogP contribution is -2.09. The lowest BCUT2D eigenvalue weighted by molar-refractivity contribution is 0.431. The molecular weight excluding hydrogens is 550 g/mol. The number of furan rings is 1. The smallest absolute Gasteiger partial charge is 0.143 e. The Morgan fingerprint density at radius 3 is 1.93 bits per heavy atom. The van der Waals surface area contributed by atoms with Crippen LogP contribution in [0.2, 0.25) is 0 Å². The van der Waals surface area contributed by atoms with Crippen molar-refractivity contribution in [1.29, 1.82) is 0 Å². The molecule has 0 radical (unpaired) electrons. The van der Waals surface area contributed by atoms with Crippen LogP contribution in [0.1, 0.15) is 18.4 Å². The Hall–Kier alpha value is -5.80. The van der Waals surface area contributed by atoms with E-state index in [1.165, 1.54) is 11.1 Å². The van der Waals surface area contributed by atoms with Gasteiger partial charge in [-0.05, 0) is 70.5 Å². The molecule has 2 N–H and O–H groups in total. The SMILES string of the molecule is OC1=CCCC(Nc2ccc(-c3cccc4c3oc3ccccc34)cc2)=C1c1ccccc1-c1ccc(-c2ccccc2)cc1. The second-order valence-corrected chi connectivity index (χ2v) is 11.5. The summed E-state index contributed by atoms with van der Waals surface area (Å²) in [6, 6.07) is 50.4. The van der Waals surface area contributed by atoms with Gasteiger partial charge in [0.2, 0.25) is 0 Å². The first kappa shape index (κ1) is 26.8. The van der Waals surface area contributed by atoms with Crippen LogP contribution in [0, 0.1) is 0 Å². The van der Waals surface area contributed by atoms with E-state index in [9.17, 15) is 5.11 Å². The average Bonchev–Trinajstić information content (AvgIpc) is 3.48. The third-order valence-electron chi connectivity index (χ3n) is 8.68. The highest BCUT2D eigenvalue weighted by atomic mass is 16.3. The Balaban J connectivity index is 1.13. The van der Waals surface area contributed by atoms with E-state index in [1.807, 2.05) is 36.4 Å². The van der Waals surface area contributed by atoms with E-state index in [-0.39, 0.29) is 0 Å². The Kier molecular flexibility index (Phi) is 6.77. The van der Waals surface area contributed by atoms with E-state index >= 15 is 0 Å². The number of allylic oxidation sites excluding steroid dienone is 3. The zero-order valence-corrected chi connectivity index (χ0v) is 24.7. The third kappa shape index (κ3) is 4.99. The number of rotatable bonds is 6. The molecule has 1 aromatic heterocycles. The summed E-state index contributed by atoms with van der Waals surface area (Å²) in [6.45, 7) is 0. The molecule has 0 atom stereocenters. The molecule has 6 aromatic carbocycles. The van der Waals surface area contributed by atoms with E-state index in [0.29, 0.717) is 5.76 Å². The molecule has 0 saturated heterocycles. The summed E-state index contributed by atoms with van der Waals surface area (Å²) in [5.74, 6) is 0.310. The molecule has 1 aliphatic rings. The topological polar surface area (TPSA) is 45.4 Å². The van der Waals surface area contributed by atoms with Crippen molar-refractivity contribution < 1.29 is 9.52 Å². The molecule has 45 heavy (non-hydrogen) atoms. The molecule has 0 saturated carbocycles. The van der Waals surface area contributed by atoms with Crippen LogP contribution in [0.25, 0.3) is 60.9 Å². The van der Waals surface area contributed by atoms with Crippen LogP contribution in [0.15, 0.2) is 168 Å². The normalized spacial score (nSPS) is 13.3. The number of aliphatic hydroxyl groups excluding tert-OH is 1. The van der Waals surface area contributed by atoms with Crippen molar-refractivity contribution in [3.8, 4) is 33.4 Å². The van der Waals surface area contributed by atoms with Crippen molar-refractivity contribution in [1.82, 2.24) is 0 Å². The standard InChI is InChI=1S/C42H31NO2/c44-39-18-9-17-38(41(39)36-14-5-4-12-33(36)30-22-20-29(21-23-30)28-10-2-1-3-11-28)43-32-26-24-31(25-27-32)34-15-8-16-37-35-13-6-7-19-40(35)45-42(34)37/h1-8,10-16,18-27,43-44H,9,17H2. The largest absolute Gasteiger partial charge is 0.508 e. The molecule has 0 fully saturated rings. The maximum atomic E-state index is 11.2. The lowest BCUT2D eigenvalue weighted by Gasteiger charge is -2.23. The molecule has 1 heterocycles. The number of fused-ring (bicyclic) bond motifs is 3. The number of hydrogen-bond acceptors (Lipinski definition) is 3. The fourth-order valence-electron chi connectivity index (χ4n) is 6.47. The van der Waals surface area contributed by atoms with Gasteiger partial charge in [-0.1, -0.05) is 127 Å². The predicted molar refractivity (Wildman–Crippen MR) is 187 cm³/mol. The molecule has 0 unspecified atom stereocenters. The van der Waals surface area contributed by atoms with E-state index in [4.69, 9.17) is 4.42 Å². The van der Waals surface area contributed by atoms with Crippen molar-refractivity contribution in [2.75, 3.05) is 5.32 Å². The van der Waals surface area contributed by atoms with Crippen LogP contribution in [0.3, 0.4) is 0 Å². The Morgan fingerprint density at radius 1 is 0.511 bits per heavy atom. The molecule has 7 aromatic rings. The van der Waals surface area contributed by atoms with E-state index in [2.05, 4.69) is 121 Å². The maximum absolute atomic E-state index is 11.2. The van der Waals surface area contributed by atoms with Gasteiger partial charge in [0.1, 0.15) is 16.9 Å². The molecule has 0 bridgehead atoms. The minimum absolute atomic E-state index is 0.310. The van der Waals surface area contributed by atoms with Gasteiger partial charge in [-0.15, -0.1) is 0 Å². The van der Waals surface area contributed by atoms with Gasteiger partial charge in [0.25, 0.3) is 0 Å². The van der Waals surface area contributed by atoms with Crippen LogP contribution < -0.4 is 5.32 Å². The van der Waals surface area contributed by atoms with Crippen LogP contribution in [-0.4, -0.2) is 5.11 Å². The third-order valence-corrected chi connectivity index (χ3v) is 8.68. The van der Waals surface area contributed by atoms with Crippen molar-refractivity contribution in [3.05, 3.63) is 169 Å². The lowest BCUT2D eigenvalue weighted by atomic mass is 9.88. The van der Waals surface area contributed by atoms with Crippen LogP contribution in [0.5, 0.6) is 0 Å². The van der Waals surface area contributed by atoms with Crippen LogP contribution in [0.4, 0.5) is 5.69 Å². The fraction of sp³-hybridized carbons (Fsp3) is 0.0476. The first-order valence-electron chi connectivity index (χ1n) is 15.4. The van der Waals surface area contributed by atoms with Crippen molar-refractivity contribution in [2.24, 2.45) is 0 Å². The molecule has 0 amide bonds. The van der Waals surface area contributed by atoms with Gasteiger partial charge in [-0.25, -0.2) is 0 Å². The molecule has 1 aliphatic carbocycles. The zero-order valence-electron chi connectivity index (χ0n) is 24.7. The van der Waals surface area contributed by atoms with E-state index in [1.54, 1.807) is 0 Å². The van der Waals surface area contributed by atoms with Crippen molar-refractivity contribution in [3.63, 3.8) is 0 Å². The van der Waals surface area contributed by atoms with Gasteiger partial charge >= 0.3 is 0 Å². The van der Waals surface area contributed by atoms with Gasteiger partial charge < -0.3 is 14.8 Å². The fourth-order valence-corrected chi connectivity index (χ4v) is 6.47. The van der Waals surface area contributed by atoms with E-state index in [0.717, 1.165) is 79.6 Å². The summed E-state index contributed by atoms with van der Waals surface area (Å²) in [5.41, 5.74) is 12.4. The second kappa shape index (κ2) is 11.4. The molecular formula is C42H31NO2. The Bertz CT molecular complexity index is 2220. The second-order valence-electron chi connectivity index (χ2n) is 11.5. The average molecular weight is 582 g/mol. The van der Waals surface area contributed by atoms with Gasteiger partial charge in [-0.3, -0.25) is 0 Å². The molecule has 3 heteroatoms. The molecule has 0 spiro atoms. The van der Waals surface area contributed by atoms with Crippen LogP contribution in [-0.2, 0) is 0 Å². The summed E-state index contributed by atoms with van der Waals surface area (Å²) in [4.78, 5) is 0. The summed E-state index contributed by atoms with van der Waals surface area (Å²) >= 11 is 0. The first-order valence-corrected chi connectivity index (χ1v) is 15.4. The Morgan fingerprint density at radius 2 is 1.11 bits per heavy atom. The zero-order chi connectivity index (χ0) is 30.2. The maximum Gasteiger partial charge on any atom is 0.143 e. The summed E-state index contributed by atoms with van der Waals surface area (Å²) in [7, 11) is 0. The summed E-state index contributed by atoms with van der Waals surface area (Å²) < 4.78 is 6.28. The molecule has 8 rings (SSSR count). The number of anilines is 1. The van der Waals surface area contributed by atoms with Gasteiger partial charge in [0, 0.05) is 33.3 Å². The number of nitrogens with one attached hydrogen (secondary N) is 1. The van der Waals surface area contributed by atoms with Gasteiger partial charge in [-0.2, -0.15) is 0 Å². The monoisotopic (exact) mass is 581 g/mol. The molecule has 3 nitrogen and oxygen atoms in total. The molecule has 0 aliphatic heterocycles. The number of aliphatic hydroxyl groups is 1. The quantitative estimate of drug-likeness (QED) is 0.205. The van der Waals surface area contributed by atoms with Crippen molar-refractivity contribution >= 4 is 33.2 Å². The summed E-state index contributed by atoms with van der Waals surface area (Å²) in [6.07, 6.45) is 3.51. The number of benzene rings is 6. The predicted octanol–water partition coefficient (Wildman–Crippen LogP) is 11.6. The first-order chi connectivity index (χ1) is 22.2. The van der Waals surface area contributed by atoms with E-state index < -0.39 is 0 Å². The highest BCUT2D eigenvalue weighted by molar-refractivity contribution is 6.09.